The van der Waals surface area contributed by atoms with Crippen molar-refractivity contribution in [3.8, 4) is 5.69 Å². The number of benzene rings is 2. The monoisotopic (exact) mass is 300 g/mol. The Morgan fingerprint density at radius 3 is 2.62 bits per heavy atom. The molecule has 0 aliphatic carbocycles. The normalized spacial score (nSPS) is 11.0. The number of aromatic nitrogens is 2. The van der Waals surface area contributed by atoms with Gasteiger partial charge in [0, 0.05) is 10.7 Å². The lowest BCUT2D eigenvalue weighted by Crippen LogP contribution is -1.99. The molecule has 0 unspecified atom stereocenters. The van der Waals surface area contributed by atoms with Gasteiger partial charge in [0.05, 0.1) is 16.6 Å². The van der Waals surface area contributed by atoms with Crippen molar-refractivity contribution in [1.82, 2.24) is 9.55 Å². The third-order valence-electron chi connectivity index (χ3n) is 3.48. The highest BCUT2D eigenvalue weighted by atomic mass is 35.5. The van der Waals surface area contributed by atoms with E-state index in [1.807, 2.05) is 36.6 Å². The van der Waals surface area contributed by atoms with Gasteiger partial charge in [0.1, 0.15) is 5.82 Å². The highest BCUT2D eigenvalue weighted by Gasteiger charge is 2.13. The van der Waals surface area contributed by atoms with E-state index in [0.717, 1.165) is 28.1 Å². The fourth-order valence-electron chi connectivity index (χ4n) is 2.38. The predicted octanol–water partition coefficient (Wildman–Crippen LogP) is 3.99. The fraction of sp³-hybridized carbons (Fsp3) is 0.125. The summed E-state index contributed by atoms with van der Waals surface area (Å²) in [7, 11) is 0. The molecular formula is C16H13ClN2O2. The highest BCUT2D eigenvalue weighted by molar-refractivity contribution is 6.31. The number of nitrogens with zero attached hydrogens (tertiary/aromatic N) is 2. The summed E-state index contributed by atoms with van der Waals surface area (Å²) in [6.07, 6.45) is 0. The Morgan fingerprint density at radius 1 is 1.19 bits per heavy atom. The van der Waals surface area contributed by atoms with Gasteiger partial charge >= 0.3 is 5.97 Å². The molecule has 0 fully saturated rings. The molecule has 1 heterocycles. The van der Waals surface area contributed by atoms with E-state index in [1.54, 1.807) is 18.2 Å². The topological polar surface area (TPSA) is 55.1 Å². The number of hydrogen-bond acceptors (Lipinski definition) is 2. The molecule has 1 aromatic heterocycles. The molecule has 21 heavy (non-hydrogen) atoms. The Bertz CT molecular complexity index is 868. The van der Waals surface area contributed by atoms with Gasteiger partial charge in [-0.05, 0) is 49.7 Å². The third-order valence-corrected chi connectivity index (χ3v) is 3.89. The standard InChI is InChI=1S/C16H13ClN2O2/c1-9-3-5-12(8-13(9)17)19-10(2)18-14-6-4-11(16(20)21)7-15(14)19/h3-8H,1-2H3,(H,20,21). The van der Waals surface area contributed by atoms with Gasteiger partial charge in [-0.25, -0.2) is 9.78 Å². The molecule has 0 aliphatic heterocycles. The maximum atomic E-state index is 11.1. The zero-order valence-corrected chi connectivity index (χ0v) is 12.3. The number of carboxylic acids is 1. The highest BCUT2D eigenvalue weighted by Crippen LogP contribution is 2.25. The van der Waals surface area contributed by atoms with E-state index in [2.05, 4.69) is 4.98 Å². The number of rotatable bonds is 2. The second-order valence-corrected chi connectivity index (χ2v) is 5.34. The van der Waals surface area contributed by atoms with E-state index in [-0.39, 0.29) is 5.56 Å². The van der Waals surface area contributed by atoms with Crippen LogP contribution >= 0.6 is 11.6 Å². The van der Waals surface area contributed by atoms with Crippen molar-refractivity contribution in [2.45, 2.75) is 13.8 Å². The van der Waals surface area contributed by atoms with Crippen LogP contribution in [0.2, 0.25) is 5.02 Å². The van der Waals surface area contributed by atoms with Crippen molar-refractivity contribution in [3.05, 3.63) is 58.4 Å². The molecule has 3 rings (SSSR count). The largest absolute Gasteiger partial charge is 0.478 e. The van der Waals surface area contributed by atoms with E-state index in [1.165, 1.54) is 0 Å². The molecule has 0 spiro atoms. The minimum atomic E-state index is -0.954. The molecular weight excluding hydrogens is 288 g/mol. The number of hydrogen-bond donors (Lipinski definition) is 1. The van der Waals surface area contributed by atoms with Crippen LogP contribution < -0.4 is 0 Å². The smallest absolute Gasteiger partial charge is 0.335 e. The molecule has 0 bridgehead atoms. The lowest BCUT2D eigenvalue weighted by molar-refractivity contribution is 0.0697. The van der Waals surface area contributed by atoms with Crippen LogP contribution in [0.3, 0.4) is 0 Å². The zero-order chi connectivity index (χ0) is 15.1. The summed E-state index contributed by atoms with van der Waals surface area (Å²) in [6, 6.07) is 10.7. The first kappa shape index (κ1) is 13.6. The number of aryl methyl sites for hydroxylation is 2. The second-order valence-electron chi connectivity index (χ2n) is 4.94. The molecule has 0 atom stereocenters. The second kappa shape index (κ2) is 4.90. The molecule has 0 amide bonds. The van der Waals surface area contributed by atoms with Crippen LogP contribution in [0.5, 0.6) is 0 Å². The van der Waals surface area contributed by atoms with Crippen LogP contribution in [0, 0.1) is 13.8 Å². The minimum absolute atomic E-state index is 0.238. The summed E-state index contributed by atoms with van der Waals surface area (Å²) >= 11 is 6.19. The van der Waals surface area contributed by atoms with Crippen LogP contribution in [0.1, 0.15) is 21.7 Å². The molecule has 4 nitrogen and oxygen atoms in total. The van der Waals surface area contributed by atoms with E-state index in [0.29, 0.717) is 5.02 Å². The summed E-state index contributed by atoms with van der Waals surface area (Å²) in [4.78, 5) is 15.6. The Morgan fingerprint density at radius 2 is 1.95 bits per heavy atom. The lowest BCUT2D eigenvalue weighted by atomic mass is 10.2. The first-order chi connectivity index (χ1) is 9.97. The SMILES string of the molecule is Cc1ccc(-n2c(C)nc3ccc(C(=O)O)cc32)cc1Cl. The molecule has 0 saturated carbocycles. The lowest BCUT2D eigenvalue weighted by Gasteiger charge is -2.09. The summed E-state index contributed by atoms with van der Waals surface area (Å²) in [5, 5.41) is 9.81. The zero-order valence-electron chi connectivity index (χ0n) is 11.6. The van der Waals surface area contributed by atoms with E-state index < -0.39 is 5.97 Å². The minimum Gasteiger partial charge on any atom is -0.478 e. The van der Waals surface area contributed by atoms with Gasteiger partial charge in [-0.2, -0.15) is 0 Å². The number of aromatic carboxylic acids is 1. The van der Waals surface area contributed by atoms with Crippen molar-refractivity contribution in [3.63, 3.8) is 0 Å². The van der Waals surface area contributed by atoms with Crippen LogP contribution in [0.4, 0.5) is 0 Å². The van der Waals surface area contributed by atoms with Crippen molar-refractivity contribution >= 4 is 28.6 Å². The quantitative estimate of drug-likeness (QED) is 0.778. The number of halogens is 1. The average Bonchev–Trinajstić information content (AvgIpc) is 2.77. The molecule has 106 valence electrons. The first-order valence-electron chi connectivity index (χ1n) is 6.46. The Labute approximate surface area is 126 Å². The molecule has 3 aromatic rings. The summed E-state index contributed by atoms with van der Waals surface area (Å²) < 4.78 is 1.91. The first-order valence-corrected chi connectivity index (χ1v) is 6.84. The van der Waals surface area contributed by atoms with Crippen molar-refractivity contribution in [2.75, 3.05) is 0 Å². The Hall–Kier alpha value is -2.33. The number of fused-ring (bicyclic) bond motifs is 1. The van der Waals surface area contributed by atoms with Crippen LogP contribution in [0.25, 0.3) is 16.7 Å². The summed E-state index contributed by atoms with van der Waals surface area (Å²) in [5.74, 6) is -0.170. The van der Waals surface area contributed by atoms with Gasteiger partial charge in [-0.3, -0.25) is 4.57 Å². The molecule has 1 N–H and O–H groups in total. The van der Waals surface area contributed by atoms with Crippen LogP contribution in [-0.2, 0) is 0 Å². The predicted molar refractivity (Wildman–Crippen MR) is 82.5 cm³/mol. The maximum Gasteiger partial charge on any atom is 0.335 e. The number of carbonyl (C=O) groups is 1. The van der Waals surface area contributed by atoms with Gasteiger partial charge in [0.25, 0.3) is 0 Å². The Balaban J connectivity index is 2.29. The van der Waals surface area contributed by atoms with Crippen molar-refractivity contribution < 1.29 is 9.90 Å². The van der Waals surface area contributed by atoms with Gasteiger partial charge < -0.3 is 5.11 Å². The third kappa shape index (κ3) is 2.28. The molecule has 0 saturated heterocycles. The fourth-order valence-corrected chi connectivity index (χ4v) is 2.55. The molecule has 2 aromatic carbocycles. The van der Waals surface area contributed by atoms with E-state index in [4.69, 9.17) is 16.7 Å². The molecule has 5 heteroatoms. The van der Waals surface area contributed by atoms with Crippen LogP contribution in [0.15, 0.2) is 36.4 Å². The van der Waals surface area contributed by atoms with E-state index in [9.17, 15) is 4.79 Å². The van der Waals surface area contributed by atoms with Crippen LogP contribution in [-0.4, -0.2) is 20.6 Å². The number of carboxylic acid groups (broad SMARTS) is 1. The maximum absolute atomic E-state index is 11.1. The van der Waals surface area contributed by atoms with Crippen molar-refractivity contribution in [1.29, 1.82) is 0 Å². The van der Waals surface area contributed by atoms with Gasteiger partial charge in [-0.1, -0.05) is 17.7 Å². The number of imidazole rings is 1. The van der Waals surface area contributed by atoms with Gasteiger partial charge in [-0.15, -0.1) is 0 Å². The van der Waals surface area contributed by atoms with E-state index >= 15 is 0 Å². The van der Waals surface area contributed by atoms with Gasteiger partial charge in [0.15, 0.2) is 0 Å². The Kier molecular flexibility index (Phi) is 3.18. The molecule has 0 radical (unpaired) electrons. The average molecular weight is 301 g/mol. The summed E-state index contributed by atoms with van der Waals surface area (Å²) in [5.41, 5.74) is 3.62. The summed E-state index contributed by atoms with van der Waals surface area (Å²) in [6.45, 7) is 3.82. The van der Waals surface area contributed by atoms with Crippen molar-refractivity contribution in [2.24, 2.45) is 0 Å². The van der Waals surface area contributed by atoms with Gasteiger partial charge in [0.2, 0.25) is 0 Å². The molecule has 0 aliphatic rings.